The average molecular weight is 399 g/mol. The molecule has 0 aliphatic rings. The molecule has 0 fully saturated rings. The van der Waals surface area contributed by atoms with Crippen molar-refractivity contribution in [3.05, 3.63) is 97.1 Å². The highest BCUT2D eigenvalue weighted by atomic mass is 14.9. The number of nitrogens with two attached hydrogens (primary N) is 2. The van der Waals surface area contributed by atoms with Crippen LogP contribution in [0.3, 0.4) is 0 Å². The summed E-state index contributed by atoms with van der Waals surface area (Å²) in [5, 5.41) is 13.4. The molecule has 0 spiro atoms. The van der Waals surface area contributed by atoms with Crippen molar-refractivity contribution >= 4 is 65.8 Å². The van der Waals surface area contributed by atoms with E-state index in [2.05, 4.69) is 84.2 Å². The zero-order valence-corrected chi connectivity index (χ0v) is 16.9. The Morgan fingerprint density at radius 3 is 1.77 bits per heavy atom. The van der Waals surface area contributed by atoms with Gasteiger partial charge in [-0.1, -0.05) is 48.5 Å². The normalized spacial score (nSPS) is 11.5. The molecular weight excluding hydrogens is 378 g/mol. The predicted molar refractivity (Wildman–Crippen MR) is 135 cm³/mol. The molecule has 0 amide bonds. The van der Waals surface area contributed by atoms with Crippen molar-refractivity contribution in [3.8, 4) is 0 Å². The summed E-state index contributed by atoms with van der Waals surface area (Å²) in [6.45, 7) is 0. The Morgan fingerprint density at radius 1 is 0.452 bits per heavy atom. The number of hydrogen-bond acceptors (Lipinski definition) is 3. The van der Waals surface area contributed by atoms with Crippen LogP contribution in [0.2, 0.25) is 0 Å². The molecule has 0 aliphatic heterocycles. The maximum absolute atomic E-state index is 5.99. The number of benzene rings is 6. The first-order valence-electron chi connectivity index (χ1n) is 10.4. The van der Waals surface area contributed by atoms with Crippen molar-refractivity contribution in [1.29, 1.82) is 0 Å². The first-order chi connectivity index (χ1) is 15.1. The summed E-state index contributed by atoms with van der Waals surface area (Å²) in [5.74, 6) is 0. The van der Waals surface area contributed by atoms with Gasteiger partial charge < -0.3 is 16.8 Å². The molecule has 0 heterocycles. The third-order valence-corrected chi connectivity index (χ3v) is 5.96. The lowest BCUT2D eigenvalue weighted by molar-refractivity contribution is 1.57. The van der Waals surface area contributed by atoms with Gasteiger partial charge in [-0.3, -0.25) is 0 Å². The summed E-state index contributed by atoms with van der Waals surface area (Å²) in [7, 11) is 0. The second-order valence-corrected chi connectivity index (χ2v) is 8.10. The fraction of sp³-hybridized carbons (Fsp3) is 0. The molecule has 3 heteroatoms. The fourth-order valence-corrected chi connectivity index (χ4v) is 4.54. The largest absolute Gasteiger partial charge is 0.399 e. The van der Waals surface area contributed by atoms with Crippen LogP contribution >= 0.6 is 0 Å². The Morgan fingerprint density at radius 2 is 1.03 bits per heavy atom. The van der Waals surface area contributed by atoms with Crippen LogP contribution in [0.4, 0.5) is 22.7 Å². The second-order valence-electron chi connectivity index (χ2n) is 8.10. The van der Waals surface area contributed by atoms with Crippen LogP contribution in [-0.2, 0) is 0 Å². The quantitative estimate of drug-likeness (QED) is 0.164. The second kappa shape index (κ2) is 6.64. The number of hydrogen-bond donors (Lipinski definition) is 3. The van der Waals surface area contributed by atoms with Crippen LogP contribution in [-0.4, -0.2) is 0 Å². The maximum atomic E-state index is 5.99. The van der Waals surface area contributed by atoms with Gasteiger partial charge in [-0.2, -0.15) is 0 Å². The van der Waals surface area contributed by atoms with Crippen LogP contribution in [0.5, 0.6) is 0 Å². The lowest BCUT2D eigenvalue weighted by atomic mass is 9.95. The van der Waals surface area contributed by atoms with Crippen molar-refractivity contribution in [2.75, 3.05) is 16.8 Å². The molecule has 6 aromatic rings. The van der Waals surface area contributed by atoms with Crippen molar-refractivity contribution in [3.63, 3.8) is 0 Å². The van der Waals surface area contributed by atoms with Gasteiger partial charge in [0.25, 0.3) is 0 Å². The molecule has 0 radical (unpaired) electrons. The van der Waals surface area contributed by atoms with Crippen molar-refractivity contribution < 1.29 is 0 Å². The van der Waals surface area contributed by atoms with E-state index < -0.39 is 0 Å². The van der Waals surface area contributed by atoms with Gasteiger partial charge in [0.15, 0.2) is 0 Å². The predicted octanol–water partition coefficient (Wildman–Crippen LogP) is 7.21. The Labute approximate surface area is 179 Å². The Bertz CT molecular complexity index is 1610. The smallest absolute Gasteiger partial charge is 0.0464 e. The molecule has 0 unspecified atom stereocenters. The molecule has 0 saturated carbocycles. The van der Waals surface area contributed by atoms with Gasteiger partial charge >= 0.3 is 0 Å². The molecule has 148 valence electrons. The van der Waals surface area contributed by atoms with E-state index in [9.17, 15) is 0 Å². The third kappa shape index (κ3) is 2.99. The lowest BCUT2D eigenvalue weighted by Crippen LogP contribution is -1.96. The molecule has 0 bridgehead atoms. The molecule has 31 heavy (non-hydrogen) atoms. The number of anilines is 4. The highest BCUT2D eigenvalue weighted by Crippen LogP contribution is 2.35. The topological polar surface area (TPSA) is 64.1 Å². The third-order valence-electron chi connectivity index (χ3n) is 5.96. The number of fused-ring (bicyclic) bond motifs is 5. The Hall–Kier alpha value is -4.24. The zero-order chi connectivity index (χ0) is 20.9. The molecule has 0 atom stereocenters. The van der Waals surface area contributed by atoms with Gasteiger partial charge in [-0.15, -0.1) is 0 Å². The van der Waals surface area contributed by atoms with Gasteiger partial charge in [-0.25, -0.2) is 0 Å². The van der Waals surface area contributed by atoms with E-state index >= 15 is 0 Å². The van der Waals surface area contributed by atoms with Gasteiger partial charge in [0.2, 0.25) is 0 Å². The molecule has 6 rings (SSSR count). The first-order valence-corrected chi connectivity index (χ1v) is 10.4. The van der Waals surface area contributed by atoms with Crippen molar-refractivity contribution in [1.82, 2.24) is 0 Å². The number of nitrogen functional groups attached to an aromatic ring is 2. The van der Waals surface area contributed by atoms with Gasteiger partial charge in [0, 0.05) is 28.1 Å². The summed E-state index contributed by atoms with van der Waals surface area (Å²) in [5.41, 5.74) is 15.2. The summed E-state index contributed by atoms with van der Waals surface area (Å²) in [6, 6.07) is 33.9. The minimum absolute atomic E-state index is 0.644. The van der Waals surface area contributed by atoms with Crippen LogP contribution in [0.25, 0.3) is 43.1 Å². The lowest BCUT2D eigenvalue weighted by Gasteiger charge is -2.13. The van der Waals surface area contributed by atoms with E-state index in [1.54, 1.807) is 6.07 Å². The van der Waals surface area contributed by atoms with Gasteiger partial charge in [-0.05, 0) is 86.2 Å². The van der Waals surface area contributed by atoms with Crippen molar-refractivity contribution in [2.45, 2.75) is 0 Å². The highest BCUT2D eigenvalue weighted by molar-refractivity contribution is 6.16. The van der Waals surface area contributed by atoms with E-state index in [0.717, 1.165) is 16.8 Å². The van der Waals surface area contributed by atoms with Crippen LogP contribution in [0.1, 0.15) is 0 Å². The maximum Gasteiger partial charge on any atom is 0.0464 e. The molecule has 5 N–H and O–H groups in total. The van der Waals surface area contributed by atoms with Gasteiger partial charge in [0.1, 0.15) is 0 Å². The van der Waals surface area contributed by atoms with E-state index in [-0.39, 0.29) is 0 Å². The summed E-state index contributed by atoms with van der Waals surface area (Å²) in [4.78, 5) is 0. The van der Waals surface area contributed by atoms with E-state index in [0.29, 0.717) is 11.4 Å². The minimum atomic E-state index is 0.644. The monoisotopic (exact) mass is 399 g/mol. The minimum Gasteiger partial charge on any atom is -0.399 e. The van der Waals surface area contributed by atoms with Gasteiger partial charge in [0.05, 0.1) is 0 Å². The van der Waals surface area contributed by atoms with E-state index in [4.69, 9.17) is 11.5 Å². The summed E-state index contributed by atoms with van der Waals surface area (Å²) < 4.78 is 0. The standard InChI is InChI=1S/C28H21N3/c29-22-13-23(30)15-24(14-22)31-28-7-3-6-19-11-21-9-8-20-10-17-4-1-2-5-18(17)12-25(20)26(21)16-27(19)28/h1-16,31H,29-30H2. The van der Waals surface area contributed by atoms with Crippen molar-refractivity contribution in [2.24, 2.45) is 0 Å². The Balaban J connectivity index is 1.61. The first kappa shape index (κ1) is 17.6. The Kier molecular flexibility index (Phi) is 3.77. The SMILES string of the molecule is Nc1cc(N)cc(Nc2cccc3cc4ccc5cc6ccccc6cc5c4cc23)c1. The molecule has 3 nitrogen and oxygen atoms in total. The zero-order valence-electron chi connectivity index (χ0n) is 16.9. The van der Waals surface area contributed by atoms with Crippen LogP contribution < -0.4 is 16.8 Å². The number of nitrogens with one attached hydrogen (secondary N) is 1. The molecular formula is C28H21N3. The van der Waals surface area contributed by atoms with E-state index in [1.807, 2.05) is 12.1 Å². The van der Waals surface area contributed by atoms with Crippen LogP contribution in [0.15, 0.2) is 97.1 Å². The number of rotatable bonds is 2. The molecule has 0 aliphatic carbocycles. The summed E-state index contributed by atoms with van der Waals surface area (Å²) in [6.07, 6.45) is 0. The van der Waals surface area contributed by atoms with Crippen LogP contribution in [0, 0.1) is 0 Å². The summed E-state index contributed by atoms with van der Waals surface area (Å²) >= 11 is 0. The fourth-order valence-electron chi connectivity index (χ4n) is 4.54. The molecule has 0 saturated heterocycles. The molecule has 0 aromatic heterocycles. The highest BCUT2D eigenvalue weighted by Gasteiger charge is 2.08. The van der Waals surface area contributed by atoms with E-state index in [1.165, 1.54) is 37.7 Å². The molecule has 6 aromatic carbocycles. The average Bonchev–Trinajstić information content (AvgIpc) is 2.76.